The van der Waals surface area contributed by atoms with E-state index in [4.69, 9.17) is 4.74 Å². The Kier molecular flexibility index (Phi) is 4.75. The Bertz CT molecular complexity index is 368. The summed E-state index contributed by atoms with van der Waals surface area (Å²) < 4.78 is 34.2. The lowest BCUT2D eigenvalue weighted by molar-refractivity contribution is -0.0493. The third-order valence-electron chi connectivity index (χ3n) is 3.03. The van der Waals surface area contributed by atoms with Gasteiger partial charge in [0.25, 0.3) is 0 Å². The Hall–Kier alpha value is -1.36. The average molecular weight is 257 g/mol. The van der Waals surface area contributed by atoms with Crippen molar-refractivity contribution in [2.24, 2.45) is 5.92 Å². The Morgan fingerprint density at radius 3 is 2.72 bits per heavy atom. The van der Waals surface area contributed by atoms with Crippen LogP contribution in [0.25, 0.3) is 0 Å². The van der Waals surface area contributed by atoms with Crippen LogP contribution in [0.4, 0.5) is 14.5 Å². The van der Waals surface area contributed by atoms with Crippen LogP contribution in [0.1, 0.15) is 12.8 Å². The zero-order valence-corrected chi connectivity index (χ0v) is 10.1. The van der Waals surface area contributed by atoms with Crippen LogP contribution in [0.3, 0.4) is 0 Å². The molecule has 0 unspecified atom stereocenters. The van der Waals surface area contributed by atoms with Gasteiger partial charge in [0.1, 0.15) is 5.75 Å². The highest BCUT2D eigenvalue weighted by Gasteiger charge is 2.15. The SMILES string of the molecule is FC(F)Oc1ccccc1NCC1CCOCC1. The van der Waals surface area contributed by atoms with Crippen molar-refractivity contribution in [2.45, 2.75) is 19.5 Å². The third kappa shape index (κ3) is 3.84. The number of alkyl halides is 2. The van der Waals surface area contributed by atoms with Crippen molar-refractivity contribution in [3.8, 4) is 5.75 Å². The van der Waals surface area contributed by atoms with Crippen LogP contribution in [-0.4, -0.2) is 26.4 Å². The molecule has 1 saturated heterocycles. The molecule has 0 radical (unpaired) electrons. The molecule has 1 aromatic rings. The Morgan fingerprint density at radius 1 is 1.28 bits per heavy atom. The highest BCUT2D eigenvalue weighted by atomic mass is 19.3. The molecule has 1 heterocycles. The number of nitrogens with one attached hydrogen (secondary N) is 1. The molecule has 0 spiro atoms. The number of rotatable bonds is 5. The summed E-state index contributed by atoms with van der Waals surface area (Å²) in [5.41, 5.74) is 0.615. The first-order valence-electron chi connectivity index (χ1n) is 6.11. The first kappa shape index (κ1) is 13.1. The van der Waals surface area contributed by atoms with Gasteiger partial charge in [0.15, 0.2) is 0 Å². The lowest BCUT2D eigenvalue weighted by atomic mass is 10.0. The molecule has 0 aliphatic carbocycles. The number of halogens is 2. The molecule has 1 N–H and O–H groups in total. The Morgan fingerprint density at radius 2 is 2.00 bits per heavy atom. The Balaban J connectivity index is 1.91. The normalized spacial score (nSPS) is 16.8. The quantitative estimate of drug-likeness (QED) is 0.879. The van der Waals surface area contributed by atoms with Crippen molar-refractivity contribution in [1.29, 1.82) is 0 Å². The first-order valence-corrected chi connectivity index (χ1v) is 6.11. The maximum Gasteiger partial charge on any atom is 0.387 e. The minimum Gasteiger partial charge on any atom is -0.433 e. The van der Waals surface area contributed by atoms with E-state index < -0.39 is 6.61 Å². The van der Waals surface area contributed by atoms with E-state index in [1.54, 1.807) is 24.3 Å². The van der Waals surface area contributed by atoms with E-state index in [0.717, 1.165) is 32.6 Å². The molecule has 0 aromatic heterocycles. The fourth-order valence-corrected chi connectivity index (χ4v) is 2.02. The standard InChI is InChI=1S/C13H17F2NO2/c14-13(15)18-12-4-2-1-3-11(12)16-9-10-5-7-17-8-6-10/h1-4,10,13,16H,5-9H2. The number of para-hydroxylation sites is 2. The van der Waals surface area contributed by atoms with Gasteiger partial charge in [-0.05, 0) is 30.9 Å². The van der Waals surface area contributed by atoms with Gasteiger partial charge in [-0.25, -0.2) is 0 Å². The highest BCUT2D eigenvalue weighted by molar-refractivity contribution is 5.56. The Labute approximate surface area is 105 Å². The van der Waals surface area contributed by atoms with Gasteiger partial charge < -0.3 is 14.8 Å². The zero-order chi connectivity index (χ0) is 12.8. The van der Waals surface area contributed by atoms with Crippen LogP contribution in [0.15, 0.2) is 24.3 Å². The number of hydrogen-bond donors (Lipinski definition) is 1. The average Bonchev–Trinajstić information content (AvgIpc) is 2.38. The van der Waals surface area contributed by atoms with Crippen LogP contribution in [0, 0.1) is 5.92 Å². The van der Waals surface area contributed by atoms with E-state index in [-0.39, 0.29) is 5.75 Å². The van der Waals surface area contributed by atoms with Crippen molar-refractivity contribution in [3.63, 3.8) is 0 Å². The van der Waals surface area contributed by atoms with Crippen LogP contribution in [-0.2, 0) is 4.74 Å². The summed E-state index contributed by atoms with van der Waals surface area (Å²) in [5, 5.41) is 3.17. The van der Waals surface area contributed by atoms with Gasteiger partial charge in [-0.2, -0.15) is 8.78 Å². The summed E-state index contributed by atoms with van der Waals surface area (Å²) in [6.07, 6.45) is 2.01. The summed E-state index contributed by atoms with van der Waals surface area (Å²) in [7, 11) is 0. The predicted molar refractivity (Wildman–Crippen MR) is 65.1 cm³/mol. The van der Waals surface area contributed by atoms with Gasteiger partial charge in [0, 0.05) is 19.8 Å². The molecule has 100 valence electrons. The maximum absolute atomic E-state index is 12.2. The molecule has 0 bridgehead atoms. The van der Waals surface area contributed by atoms with E-state index in [0.29, 0.717) is 11.6 Å². The third-order valence-corrected chi connectivity index (χ3v) is 3.03. The van der Waals surface area contributed by atoms with E-state index in [9.17, 15) is 8.78 Å². The molecule has 5 heteroatoms. The van der Waals surface area contributed by atoms with Crippen LogP contribution in [0.5, 0.6) is 5.75 Å². The zero-order valence-electron chi connectivity index (χ0n) is 10.1. The molecule has 1 aliphatic rings. The number of hydrogen-bond acceptors (Lipinski definition) is 3. The van der Waals surface area contributed by atoms with Crippen LogP contribution in [0.2, 0.25) is 0 Å². The first-order chi connectivity index (χ1) is 8.75. The summed E-state index contributed by atoms with van der Waals surface area (Å²) >= 11 is 0. The van der Waals surface area contributed by atoms with Gasteiger partial charge in [0.2, 0.25) is 0 Å². The lowest BCUT2D eigenvalue weighted by Crippen LogP contribution is -2.22. The van der Waals surface area contributed by atoms with Gasteiger partial charge >= 0.3 is 6.61 Å². The molecule has 0 atom stereocenters. The topological polar surface area (TPSA) is 30.5 Å². The van der Waals surface area contributed by atoms with Gasteiger partial charge in [-0.3, -0.25) is 0 Å². The van der Waals surface area contributed by atoms with Crippen molar-refractivity contribution >= 4 is 5.69 Å². The fraction of sp³-hybridized carbons (Fsp3) is 0.538. The van der Waals surface area contributed by atoms with E-state index in [2.05, 4.69) is 10.1 Å². The summed E-state index contributed by atoms with van der Waals surface area (Å²) in [5.74, 6) is 0.720. The summed E-state index contributed by atoms with van der Waals surface area (Å²) in [6, 6.07) is 6.76. The molecule has 0 saturated carbocycles. The minimum atomic E-state index is -2.80. The second-order valence-corrected chi connectivity index (χ2v) is 4.31. The fourth-order valence-electron chi connectivity index (χ4n) is 2.02. The molecule has 1 fully saturated rings. The van der Waals surface area contributed by atoms with Crippen molar-refractivity contribution in [2.75, 3.05) is 25.1 Å². The molecule has 0 amide bonds. The van der Waals surface area contributed by atoms with E-state index in [1.807, 2.05) is 0 Å². The summed E-state index contributed by atoms with van der Waals surface area (Å²) in [6.45, 7) is -0.480. The molecule has 1 aliphatic heterocycles. The highest BCUT2D eigenvalue weighted by Crippen LogP contribution is 2.26. The number of ether oxygens (including phenoxy) is 2. The molecule has 18 heavy (non-hydrogen) atoms. The second kappa shape index (κ2) is 6.54. The molecule has 1 aromatic carbocycles. The largest absolute Gasteiger partial charge is 0.433 e. The number of benzene rings is 1. The monoisotopic (exact) mass is 257 g/mol. The van der Waals surface area contributed by atoms with Crippen LogP contribution < -0.4 is 10.1 Å². The molecular weight excluding hydrogens is 240 g/mol. The summed E-state index contributed by atoms with van der Waals surface area (Å²) in [4.78, 5) is 0. The number of anilines is 1. The molecule has 3 nitrogen and oxygen atoms in total. The van der Waals surface area contributed by atoms with Gasteiger partial charge in [-0.1, -0.05) is 12.1 Å². The van der Waals surface area contributed by atoms with Crippen LogP contribution >= 0.6 is 0 Å². The predicted octanol–water partition coefficient (Wildman–Crippen LogP) is 3.13. The van der Waals surface area contributed by atoms with Gasteiger partial charge in [0.05, 0.1) is 5.69 Å². The molecular formula is C13H17F2NO2. The minimum absolute atomic E-state index is 0.194. The van der Waals surface area contributed by atoms with Crippen molar-refractivity contribution in [3.05, 3.63) is 24.3 Å². The molecule has 2 rings (SSSR count). The van der Waals surface area contributed by atoms with Crippen molar-refractivity contribution < 1.29 is 18.3 Å². The lowest BCUT2D eigenvalue weighted by Gasteiger charge is -2.23. The van der Waals surface area contributed by atoms with Gasteiger partial charge in [-0.15, -0.1) is 0 Å². The van der Waals surface area contributed by atoms with E-state index in [1.165, 1.54) is 0 Å². The smallest absolute Gasteiger partial charge is 0.387 e. The maximum atomic E-state index is 12.2. The van der Waals surface area contributed by atoms with Crippen molar-refractivity contribution in [1.82, 2.24) is 0 Å². The second-order valence-electron chi connectivity index (χ2n) is 4.31. The van der Waals surface area contributed by atoms with E-state index >= 15 is 0 Å².